The molecule has 0 saturated carbocycles. The maximum atomic E-state index is 3.57. The van der Waals surface area contributed by atoms with E-state index in [-0.39, 0.29) is 37.9 Å². The molecule has 0 atom stereocenters. The van der Waals surface area contributed by atoms with Gasteiger partial charge in [-0.2, -0.15) is 0 Å². The summed E-state index contributed by atoms with van der Waals surface area (Å²) < 4.78 is 0. The van der Waals surface area contributed by atoms with E-state index in [4.69, 9.17) is 0 Å². The molecule has 88 heavy (non-hydrogen) atoms. The maximum absolute atomic E-state index is 3.57. The monoisotopic (exact) mass is 1150 g/mol. The van der Waals surface area contributed by atoms with Crippen molar-refractivity contribution >= 4 is 0 Å². The molecule has 0 N–H and O–H groups in total. The predicted molar refractivity (Wildman–Crippen MR) is 377 cm³/mol. The van der Waals surface area contributed by atoms with Crippen molar-refractivity contribution in [2.75, 3.05) is 0 Å². The number of rotatable bonds is 0. The molecule has 0 aliphatic carbocycles. The maximum Gasteiger partial charge on any atom is 0.0264 e. The smallest absolute Gasteiger partial charge is 0.0264 e. The topological polar surface area (TPSA) is 0 Å². The molecule has 7 rings (SSSR count). The van der Waals surface area contributed by atoms with Crippen molar-refractivity contribution in [2.24, 2.45) is 0 Å². The van der Waals surface area contributed by atoms with Crippen LogP contribution in [0.5, 0.6) is 0 Å². The van der Waals surface area contributed by atoms with Crippen LogP contribution in [0.3, 0.4) is 0 Å². The molecule has 0 spiro atoms. The molecule has 0 bridgehead atoms. The van der Waals surface area contributed by atoms with Crippen LogP contribution in [0.1, 0.15) is 276 Å². The van der Waals surface area contributed by atoms with Gasteiger partial charge in [0.25, 0.3) is 0 Å². The Balaban J connectivity index is 1.25. The van der Waals surface area contributed by atoms with Gasteiger partial charge in [0.05, 0.1) is 0 Å². The van der Waals surface area contributed by atoms with Crippen LogP contribution in [-0.2, 0) is 37.9 Å². The number of hydrogen-bond donors (Lipinski definition) is 0. The Bertz CT molecular complexity index is 4110. The molecule has 0 nitrogen and oxygen atoms in total. The van der Waals surface area contributed by atoms with Crippen molar-refractivity contribution in [3.63, 3.8) is 0 Å². The SMILES string of the molecule is CC#Cc1cc(C#Cc2cc(C#Cc3cc(C#Cc4cc(C#Cc5cc(C#Cc6cc(C#Cc7cc(C#CC)cc(C(C)(C)C)c7)cc(C(C)(C)C)c6)cc(C(C)(C)C)c5)cc(C(C)(C)C)c4)cc(C(C)(C)C)c3)cc(C(C)(C)C)c2)cc(C(C)(C)C)c1. The van der Waals surface area contributed by atoms with Crippen LogP contribution in [0.4, 0.5) is 0 Å². The second-order valence-corrected chi connectivity index (χ2v) is 30.6. The van der Waals surface area contributed by atoms with Crippen LogP contribution in [0.25, 0.3) is 0 Å². The van der Waals surface area contributed by atoms with E-state index in [2.05, 4.69) is 368 Å². The second kappa shape index (κ2) is 26.2. The largest absolute Gasteiger partial charge is 0.101 e. The first-order valence-electron chi connectivity index (χ1n) is 30.9. The average molecular weight is 1150 g/mol. The average Bonchev–Trinajstić information content (AvgIpc) is 2.60. The summed E-state index contributed by atoms with van der Waals surface area (Å²) in [4.78, 5) is 0. The van der Waals surface area contributed by atoms with Gasteiger partial charge in [-0.3, -0.25) is 0 Å². The van der Waals surface area contributed by atoms with E-state index in [1.54, 1.807) is 0 Å². The van der Waals surface area contributed by atoms with Gasteiger partial charge in [-0.05, 0) is 218 Å². The quantitative estimate of drug-likeness (QED) is 0.133. The molecular weight excluding hydrogens is 1060 g/mol. The Kier molecular flexibility index (Phi) is 19.8. The van der Waals surface area contributed by atoms with E-state index in [1.165, 1.54) is 38.9 Å². The Morgan fingerprint density at radius 1 is 0.148 bits per heavy atom. The summed E-state index contributed by atoms with van der Waals surface area (Å²) in [5, 5.41) is 0. The standard InChI is InChI=1S/C88H90/c1-24-26-61-40-63(49-75(47-61)82(3,4)5)28-30-65-42-67(53-77(51-65)84(9,10)11)32-34-69-44-71(57-79(55-69)86(15,16)17)36-38-73-46-74(60-81(59-73)88(21,22)23)39-37-72-45-70(56-80(58-72)87(18,19)20)35-33-68-43-66(52-78(54-68)85(12,13)14)31-29-64-41-62(27-25-2)48-76(50-64)83(6,7)8/h40-60H,1-23H3. The normalized spacial score (nSPS) is 11.5. The second-order valence-electron chi connectivity index (χ2n) is 30.6. The van der Waals surface area contributed by atoms with Gasteiger partial charge in [-0.25, -0.2) is 0 Å². The Morgan fingerprint density at radius 2 is 0.239 bits per heavy atom. The van der Waals surface area contributed by atoms with E-state index in [0.717, 1.165) is 77.9 Å². The highest BCUT2D eigenvalue weighted by atomic mass is 14.3. The zero-order valence-corrected chi connectivity index (χ0v) is 57.1. The van der Waals surface area contributed by atoms with Crippen LogP contribution in [-0.4, -0.2) is 0 Å². The van der Waals surface area contributed by atoms with Crippen LogP contribution < -0.4 is 0 Å². The Hall–Kier alpha value is -8.98. The van der Waals surface area contributed by atoms with Crippen LogP contribution in [0.15, 0.2) is 127 Å². The molecule has 0 radical (unpaired) electrons. The molecule has 0 amide bonds. The Morgan fingerprint density at radius 3 is 0.318 bits per heavy atom. The first-order chi connectivity index (χ1) is 40.8. The predicted octanol–water partition coefficient (Wildman–Crippen LogP) is 19.9. The van der Waals surface area contributed by atoms with Gasteiger partial charge in [-0.1, -0.05) is 228 Å². The minimum Gasteiger partial charge on any atom is -0.101 e. The highest BCUT2D eigenvalue weighted by Crippen LogP contribution is 2.31. The molecule has 7 aromatic carbocycles. The van der Waals surface area contributed by atoms with Crippen LogP contribution >= 0.6 is 0 Å². The summed E-state index contributed by atoms with van der Waals surface area (Å²) in [5.74, 6) is 55.1. The molecule has 442 valence electrons. The lowest BCUT2D eigenvalue weighted by Gasteiger charge is -2.20. The van der Waals surface area contributed by atoms with E-state index in [0.29, 0.717) is 0 Å². The lowest BCUT2D eigenvalue weighted by Crippen LogP contribution is -2.12. The third kappa shape index (κ3) is 19.0. The lowest BCUT2D eigenvalue weighted by atomic mass is 9.84. The fourth-order valence-electron chi connectivity index (χ4n) is 9.59. The van der Waals surface area contributed by atoms with Crippen LogP contribution in [0, 0.1) is 94.7 Å². The van der Waals surface area contributed by atoms with Gasteiger partial charge in [0.2, 0.25) is 0 Å². The third-order valence-corrected chi connectivity index (χ3v) is 15.2. The number of benzene rings is 7. The van der Waals surface area contributed by atoms with Crippen molar-refractivity contribution in [3.8, 4) is 94.7 Å². The lowest BCUT2D eigenvalue weighted by molar-refractivity contribution is 0.589. The molecule has 0 heterocycles. The molecule has 0 unspecified atom stereocenters. The summed E-state index contributed by atoms with van der Waals surface area (Å²) in [5.41, 5.74) is 20.6. The molecule has 0 saturated heterocycles. The molecule has 0 aliphatic rings. The van der Waals surface area contributed by atoms with Gasteiger partial charge in [-0.15, -0.1) is 11.8 Å². The molecular formula is C88H90. The summed E-state index contributed by atoms with van der Waals surface area (Å²) >= 11 is 0. The van der Waals surface area contributed by atoms with Gasteiger partial charge in [0.15, 0.2) is 0 Å². The summed E-state index contributed by atoms with van der Waals surface area (Å²) in [6, 6.07) is 45.5. The van der Waals surface area contributed by atoms with Gasteiger partial charge >= 0.3 is 0 Å². The van der Waals surface area contributed by atoms with E-state index >= 15 is 0 Å². The summed E-state index contributed by atoms with van der Waals surface area (Å²) in [6.45, 7) is 50.6. The van der Waals surface area contributed by atoms with Crippen molar-refractivity contribution in [2.45, 2.75) is 197 Å². The molecule has 0 heteroatoms. The zero-order valence-electron chi connectivity index (χ0n) is 57.1. The van der Waals surface area contributed by atoms with Crippen molar-refractivity contribution in [3.05, 3.63) is 244 Å². The fraction of sp³-hybridized carbons (Fsp3) is 0.341. The van der Waals surface area contributed by atoms with Crippen molar-refractivity contribution < 1.29 is 0 Å². The van der Waals surface area contributed by atoms with Crippen molar-refractivity contribution in [1.29, 1.82) is 0 Å². The van der Waals surface area contributed by atoms with Crippen LogP contribution in [0.2, 0.25) is 0 Å². The van der Waals surface area contributed by atoms with E-state index in [9.17, 15) is 0 Å². The van der Waals surface area contributed by atoms with E-state index < -0.39 is 0 Å². The minimum atomic E-state index is -0.140. The highest BCUT2D eigenvalue weighted by molar-refractivity contribution is 5.60. The first-order valence-corrected chi connectivity index (χ1v) is 30.9. The first kappa shape index (κ1) is 66.5. The molecule has 0 aliphatic heterocycles. The zero-order chi connectivity index (χ0) is 64.8. The molecule has 0 fully saturated rings. The van der Waals surface area contributed by atoms with Gasteiger partial charge in [0.1, 0.15) is 0 Å². The van der Waals surface area contributed by atoms with Crippen molar-refractivity contribution in [1.82, 2.24) is 0 Å². The fourth-order valence-corrected chi connectivity index (χ4v) is 9.59. The minimum absolute atomic E-state index is 0.0315. The van der Waals surface area contributed by atoms with E-state index in [1.807, 2.05) is 13.8 Å². The highest BCUT2D eigenvalue weighted by Gasteiger charge is 2.21. The molecule has 7 aromatic rings. The summed E-state index contributed by atoms with van der Waals surface area (Å²) in [7, 11) is 0. The number of hydrogen-bond acceptors (Lipinski definition) is 0. The van der Waals surface area contributed by atoms with Gasteiger partial charge < -0.3 is 0 Å². The Labute approximate surface area is 533 Å². The summed E-state index contributed by atoms with van der Waals surface area (Å²) in [6.07, 6.45) is 0. The third-order valence-electron chi connectivity index (χ3n) is 15.2. The molecule has 0 aromatic heterocycles. The van der Waals surface area contributed by atoms with Gasteiger partial charge in [0, 0.05) is 77.9 Å².